The predicted molar refractivity (Wildman–Crippen MR) is 92.2 cm³/mol. The summed E-state index contributed by atoms with van der Waals surface area (Å²) in [5.41, 5.74) is -0.0121. The smallest absolute Gasteiger partial charge is 0.306 e. The molecule has 0 aliphatic heterocycles. The largest absolute Gasteiger partial charge is 0.416 e. The first kappa shape index (κ1) is 17.1. The molecule has 0 aliphatic carbocycles. The van der Waals surface area contributed by atoms with Crippen molar-refractivity contribution in [2.45, 2.75) is 26.2 Å². The van der Waals surface area contributed by atoms with Gasteiger partial charge in [-0.2, -0.15) is 13.2 Å². The van der Waals surface area contributed by atoms with Crippen molar-refractivity contribution in [1.29, 1.82) is 0 Å². The van der Waals surface area contributed by atoms with Gasteiger partial charge in [-0.15, -0.1) is 22.7 Å². The van der Waals surface area contributed by atoms with E-state index in [1.54, 1.807) is 28.7 Å². The second-order valence-corrected chi connectivity index (χ2v) is 7.73. The van der Waals surface area contributed by atoms with Crippen LogP contribution in [-0.2, 0) is 19.3 Å². The number of rotatable bonds is 5. The summed E-state index contributed by atoms with van der Waals surface area (Å²) >= 11 is 3.32. The Morgan fingerprint density at radius 1 is 1.04 bits per heavy atom. The zero-order valence-electron chi connectivity index (χ0n) is 12.9. The molecule has 2 aromatic heterocycles. The molecule has 1 N–H and O–H groups in total. The quantitative estimate of drug-likeness (QED) is 0.644. The van der Waals surface area contributed by atoms with Gasteiger partial charge in [0.05, 0.1) is 10.4 Å². The molecule has 0 atom stereocenters. The topological polar surface area (TPSA) is 24.9 Å². The standard InChI is InChI=1S/C17H15F3N2S2/c1-11-5-6-14(23-11)15-9-22-16(24-15)10-21-8-12-3-2-4-13(7-12)17(18,19)20/h2-7,9,21H,8,10H2,1H3. The molecule has 0 spiro atoms. The Balaban J connectivity index is 1.58. The molecule has 0 amide bonds. The van der Waals surface area contributed by atoms with E-state index in [4.69, 9.17) is 0 Å². The number of benzene rings is 1. The maximum atomic E-state index is 12.7. The third-order valence-electron chi connectivity index (χ3n) is 3.40. The van der Waals surface area contributed by atoms with Crippen molar-refractivity contribution >= 4 is 22.7 Å². The summed E-state index contributed by atoms with van der Waals surface area (Å²) in [5, 5.41) is 4.07. The molecule has 7 heteroatoms. The van der Waals surface area contributed by atoms with Crippen molar-refractivity contribution in [3.63, 3.8) is 0 Å². The number of aryl methyl sites for hydroxylation is 1. The van der Waals surface area contributed by atoms with E-state index >= 15 is 0 Å². The summed E-state index contributed by atoms with van der Waals surface area (Å²) in [4.78, 5) is 7.93. The Hall–Kier alpha value is -1.70. The fourth-order valence-electron chi connectivity index (χ4n) is 2.24. The molecule has 0 saturated carbocycles. The lowest BCUT2D eigenvalue weighted by atomic mass is 10.1. The third kappa shape index (κ3) is 4.23. The number of aromatic nitrogens is 1. The Kier molecular flexibility index (Phi) is 5.03. The normalized spacial score (nSPS) is 11.8. The van der Waals surface area contributed by atoms with Gasteiger partial charge in [0, 0.05) is 29.0 Å². The highest BCUT2D eigenvalue weighted by Gasteiger charge is 2.30. The van der Waals surface area contributed by atoms with Gasteiger partial charge in [0.2, 0.25) is 0 Å². The van der Waals surface area contributed by atoms with Crippen LogP contribution in [0.1, 0.15) is 21.0 Å². The van der Waals surface area contributed by atoms with E-state index in [2.05, 4.69) is 29.4 Å². The molecule has 0 unspecified atom stereocenters. The van der Waals surface area contributed by atoms with Gasteiger partial charge in [0.15, 0.2) is 0 Å². The number of alkyl halides is 3. The zero-order valence-corrected chi connectivity index (χ0v) is 14.5. The van der Waals surface area contributed by atoms with E-state index in [9.17, 15) is 13.2 Å². The Labute approximate surface area is 146 Å². The molecule has 0 fully saturated rings. The first-order chi connectivity index (χ1) is 11.4. The second-order valence-electron chi connectivity index (χ2n) is 5.33. The van der Waals surface area contributed by atoms with Crippen molar-refractivity contribution in [2.75, 3.05) is 0 Å². The van der Waals surface area contributed by atoms with Crippen LogP contribution in [0, 0.1) is 6.92 Å². The molecular formula is C17H15F3N2S2. The van der Waals surface area contributed by atoms with Crippen LogP contribution in [0.2, 0.25) is 0 Å². The first-order valence-corrected chi connectivity index (χ1v) is 8.93. The summed E-state index contributed by atoms with van der Waals surface area (Å²) in [7, 11) is 0. The number of nitrogens with one attached hydrogen (secondary N) is 1. The van der Waals surface area contributed by atoms with Crippen molar-refractivity contribution in [3.05, 3.63) is 63.6 Å². The Morgan fingerprint density at radius 2 is 1.88 bits per heavy atom. The predicted octanol–water partition coefficient (Wildman–Crippen LogP) is 5.49. The van der Waals surface area contributed by atoms with Gasteiger partial charge in [0.1, 0.15) is 5.01 Å². The third-order valence-corrected chi connectivity index (χ3v) is 5.59. The fraction of sp³-hybridized carbons (Fsp3) is 0.235. The van der Waals surface area contributed by atoms with Crippen LogP contribution in [-0.4, -0.2) is 4.98 Å². The molecule has 0 saturated heterocycles. The minimum absolute atomic E-state index is 0.372. The van der Waals surface area contributed by atoms with Crippen LogP contribution in [0.4, 0.5) is 13.2 Å². The molecule has 1 aromatic carbocycles. The molecule has 0 bridgehead atoms. The maximum Gasteiger partial charge on any atom is 0.416 e. The van der Waals surface area contributed by atoms with Gasteiger partial charge < -0.3 is 5.32 Å². The Bertz CT molecular complexity index is 821. The zero-order chi connectivity index (χ0) is 17.2. The van der Waals surface area contributed by atoms with Gasteiger partial charge in [-0.05, 0) is 30.7 Å². The second kappa shape index (κ2) is 7.04. The molecule has 0 aliphatic rings. The van der Waals surface area contributed by atoms with E-state index in [0.29, 0.717) is 18.7 Å². The van der Waals surface area contributed by atoms with Crippen LogP contribution >= 0.6 is 22.7 Å². The van der Waals surface area contributed by atoms with E-state index < -0.39 is 11.7 Å². The average Bonchev–Trinajstić information content (AvgIpc) is 3.16. The summed E-state index contributed by atoms with van der Waals surface area (Å²) < 4.78 is 38.1. The highest BCUT2D eigenvalue weighted by molar-refractivity contribution is 7.21. The minimum Gasteiger partial charge on any atom is -0.306 e. The number of hydrogen-bond donors (Lipinski definition) is 1. The van der Waals surface area contributed by atoms with E-state index in [0.717, 1.165) is 16.0 Å². The maximum absolute atomic E-state index is 12.7. The van der Waals surface area contributed by atoms with Gasteiger partial charge in [-0.3, -0.25) is 0 Å². The number of halogens is 3. The first-order valence-electron chi connectivity index (χ1n) is 7.30. The number of thiazole rings is 1. The number of nitrogens with zero attached hydrogens (tertiary/aromatic N) is 1. The lowest BCUT2D eigenvalue weighted by molar-refractivity contribution is -0.137. The van der Waals surface area contributed by atoms with E-state index in [1.165, 1.54) is 21.9 Å². The SMILES string of the molecule is Cc1ccc(-c2cnc(CNCc3cccc(C(F)(F)F)c3)s2)s1. The van der Waals surface area contributed by atoms with Crippen molar-refractivity contribution in [2.24, 2.45) is 0 Å². The van der Waals surface area contributed by atoms with E-state index in [1.807, 2.05) is 6.20 Å². The van der Waals surface area contributed by atoms with Crippen molar-refractivity contribution < 1.29 is 13.2 Å². The van der Waals surface area contributed by atoms with Crippen molar-refractivity contribution in [1.82, 2.24) is 10.3 Å². The monoisotopic (exact) mass is 368 g/mol. The summed E-state index contributed by atoms with van der Waals surface area (Å²) in [6.07, 6.45) is -2.46. The van der Waals surface area contributed by atoms with E-state index in [-0.39, 0.29) is 0 Å². The summed E-state index contributed by atoms with van der Waals surface area (Å²) in [6, 6.07) is 9.53. The molecule has 2 nitrogen and oxygen atoms in total. The highest BCUT2D eigenvalue weighted by Crippen LogP contribution is 2.32. The lowest BCUT2D eigenvalue weighted by Crippen LogP contribution is -2.13. The lowest BCUT2D eigenvalue weighted by Gasteiger charge is -2.09. The Morgan fingerprint density at radius 3 is 2.58 bits per heavy atom. The average molecular weight is 368 g/mol. The molecule has 0 radical (unpaired) electrons. The van der Waals surface area contributed by atoms with Gasteiger partial charge in [-0.1, -0.05) is 18.2 Å². The van der Waals surface area contributed by atoms with Gasteiger partial charge in [0.25, 0.3) is 0 Å². The summed E-state index contributed by atoms with van der Waals surface area (Å²) in [5.74, 6) is 0. The van der Waals surface area contributed by atoms with Crippen LogP contribution in [0.25, 0.3) is 9.75 Å². The van der Waals surface area contributed by atoms with Crippen LogP contribution in [0.3, 0.4) is 0 Å². The van der Waals surface area contributed by atoms with Gasteiger partial charge in [-0.25, -0.2) is 4.98 Å². The van der Waals surface area contributed by atoms with Crippen LogP contribution in [0.15, 0.2) is 42.6 Å². The van der Waals surface area contributed by atoms with Crippen molar-refractivity contribution in [3.8, 4) is 9.75 Å². The fourth-order valence-corrected chi connectivity index (χ4v) is 4.07. The number of thiophene rings is 1. The minimum atomic E-state index is -4.31. The molecule has 126 valence electrons. The van der Waals surface area contributed by atoms with Gasteiger partial charge >= 0.3 is 6.18 Å². The number of hydrogen-bond acceptors (Lipinski definition) is 4. The van der Waals surface area contributed by atoms with Crippen LogP contribution in [0.5, 0.6) is 0 Å². The molecule has 2 heterocycles. The highest BCUT2D eigenvalue weighted by atomic mass is 32.1. The molecular weight excluding hydrogens is 353 g/mol. The summed E-state index contributed by atoms with van der Waals surface area (Å²) in [6.45, 7) is 2.97. The molecule has 3 aromatic rings. The molecule has 3 rings (SSSR count). The molecule has 24 heavy (non-hydrogen) atoms. The van der Waals surface area contributed by atoms with Crippen LogP contribution < -0.4 is 5.32 Å².